The van der Waals surface area contributed by atoms with Gasteiger partial charge in [-0.1, -0.05) is 34.1 Å². The zero-order chi connectivity index (χ0) is 20.9. The van der Waals surface area contributed by atoms with Crippen LogP contribution >= 0.6 is 15.9 Å². The van der Waals surface area contributed by atoms with E-state index in [9.17, 15) is 9.59 Å². The standard InChI is InChI=1S/C23H20BrN3O3/c1-23(21(28)26-19-4-2-3-5-20(19)30-23)22(29)27-10-8-14(9-11-27)17-13-25-18-7-6-15(24)12-16(17)18/h2-8,12-13,25H,9-11H2,1H3,(H,26,28). The molecule has 0 bridgehead atoms. The molecule has 0 aliphatic carbocycles. The van der Waals surface area contributed by atoms with Gasteiger partial charge in [0.2, 0.25) is 0 Å². The lowest BCUT2D eigenvalue weighted by Gasteiger charge is -2.38. The molecule has 6 nitrogen and oxygen atoms in total. The summed E-state index contributed by atoms with van der Waals surface area (Å²) in [6, 6.07) is 13.3. The second-order valence-electron chi connectivity index (χ2n) is 7.71. The minimum Gasteiger partial charge on any atom is -0.466 e. The second-order valence-corrected chi connectivity index (χ2v) is 8.62. The van der Waals surface area contributed by atoms with Crippen LogP contribution in [-0.4, -0.2) is 40.4 Å². The number of rotatable bonds is 2. The zero-order valence-corrected chi connectivity index (χ0v) is 18.0. The summed E-state index contributed by atoms with van der Waals surface area (Å²) in [4.78, 5) is 30.9. The smallest absolute Gasteiger partial charge is 0.278 e. The van der Waals surface area contributed by atoms with Crippen molar-refractivity contribution in [1.82, 2.24) is 9.88 Å². The summed E-state index contributed by atoms with van der Waals surface area (Å²) in [5, 5.41) is 3.94. The molecule has 2 amide bonds. The Hall–Kier alpha value is -3.06. The first-order valence-corrected chi connectivity index (χ1v) is 10.6. The van der Waals surface area contributed by atoms with E-state index in [2.05, 4.69) is 38.4 Å². The minimum atomic E-state index is -1.58. The van der Waals surface area contributed by atoms with Crippen molar-refractivity contribution in [2.24, 2.45) is 0 Å². The zero-order valence-electron chi connectivity index (χ0n) is 16.4. The summed E-state index contributed by atoms with van der Waals surface area (Å²) in [6.07, 6.45) is 4.78. The lowest BCUT2D eigenvalue weighted by Crippen LogP contribution is -2.60. The number of hydrogen-bond donors (Lipinski definition) is 2. The predicted molar refractivity (Wildman–Crippen MR) is 119 cm³/mol. The number of aromatic nitrogens is 1. The normalized spacial score (nSPS) is 20.9. The summed E-state index contributed by atoms with van der Waals surface area (Å²) in [7, 11) is 0. The first kappa shape index (κ1) is 18.9. The number of fused-ring (bicyclic) bond motifs is 2. The molecule has 0 radical (unpaired) electrons. The van der Waals surface area contributed by atoms with Crippen molar-refractivity contribution in [2.45, 2.75) is 18.9 Å². The molecule has 3 aromatic rings. The van der Waals surface area contributed by atoms with Crippen molar-refractivity contribution in [3.63, 3.8) is 0 Å². The van der Waals surface area contributed by atoms with Crippen molar-refractivity contribution in [2.75, 3.05) is 18.4 Å². The summed E-state index contributed by atoms with van der Waals surface area (Å²) in [5.74, 6) is -0.264. The summed E-state index contributed by atoms with van der Waals surface area (Å²) < 4.78 is 6.91. The van der Waals surface area contributed by atoms with Gasteiger partial charge in [-0.15, -0.1) is 0 Å². The Morgan fingerprint density at radius 3 is 2.87 bits per heavy atom. The highest BCUT2D eigenvalue weighted by Crippen LogP contribution is 2.35. The highest BCUT2D eigenvalue weighted by molar-refractivity contribution is 9.10. The monoisotopic (exact) mass is 465 g/mol. The number of anilines is 1. The molecule has 1 aromatic heterocycles. The van der Waals surface area contributed by atoms with E-state index in [0.29, 0.717) is 30.9 Å². The van der Waals surface area contributed by atoms with Gasteiger partial charge in [-0.3, -0.25) is 9.59 Å². The van der Waals surface area contributed by atoms with Gasteiger partial charge >= 0.3 is 0 Å². The maximum absolute atomic E-state index is 13.2. The molecule has 1 atom stereocenters. The van der Waals surface area contributed by atoms with Crippen LogP contribution in [0.5, 0.6) is 5.75 Å². The molecular weight excluding hydrogens is 446 g/mol. The van der Waals surface area contributed by atoms with Gasteiger partial charge in [-0.2, -0.15) is 0 Å². The SMILES string of the molecule is CC1(C(=O)N2CC=C(c3c[nH]c4ccc(Br)cc34)CC2)Oc2ccccc2NC1=O. The molecule has 2 N–H and O–H groups in total. The van der Waals surface area contributed by atoms with Gasteiger partial charge in [0, 0.05) is 40.2 Å². The summed E-state index contributed by atoms with van der Waals surface area (Å²) in [6.45, 7) is 2.50. The number of amides is 2. The van der Waals surface area contributed by atoms with Crippen LogP contribution in [-0.2, 0) is 9.59 Å². The highest BCUT2D eigenvalue weighted by atomic mass is 79.9. The van der Waals surface area contributed by atoms with Crippen LogP contribution < -0.4 is 10.1 Å². The van der Waals surface area contributed by atoms with E-state index in [1.54, 1.807) is 17.0 Å². The predicted octanol–water partition coefficient (Wildman–Crippen LogP) is 4.34. The first-order valence-electron chi connectivity index (χ1n) is 9.80. The molecule has 3 heterocycles. The molecule has 0 spiro atoms. The van der Waals surface area contributed by atoms with E-state index in [4.69, 9.17) is 4.74 Å². The van der Waals surface area contributed by atoms with Crippen LogP contribution in [0, 0.1) is 0 Å². The van der Waals surface area contributed by atoms with E-state index in [-0.39, 0.29) is 5.91 Å². The van der Waals surface area contributed by atoms with Gasteiger partial charge in [0.05, 0.1) is 5.69 Å². The second kappa shape index (κ2) is 7.02. The number of carbonyl (C=O) groups is 2. The number of H-pyrrole nitrogens is 1. The van der Waals surface area contributed by atoms with Crippen LogP contribution in [0.1, 0.15) is 18.9 Å². The van der Waals surface area contributed by atoms with Crippen molar-refractivity contribution in [3.05, 3.63) is 64.8 Å². The maximum Gasteiger partial charge on any atom is 0.278 e. The van der Waals surface area contributed by atoms with Crippen molar-refractivity contribution < 1.29 is 14.3 Å². The van der Waals surface area contributed by atoms with Gasteiger partial charge in [-0.25, -0.2) is 0 Å². The Morgan fingerprint density at radius 1 is 1.23 bits per heavy atom. The molecule has 2 aromatic carbocycles. The number of aromatic amines is 1. The van der Waals surface area contributed by atoms with E-state index >= 15 is 0 Å². The van der Waals surface area contributed by atoms with E-state index in [1.165, 1.54) is 12.5 Å². The fourth-order valence-corrected chi connectivity index (χ4v) is 4.43. The summed E-state index contributed by atoms with van der Waals surface area (Å²) >= 11 is 3.53. The molecule has 2 aliphatic heterocycles. The lowest BCUT2D eigenvalue weighted by molar-refractivity contribution is -0.154. The molecule has 0 saturated heterocycles. The number of benzene rings is 2. The molecule has 2 aliphatic rings. The number of carbonyl (C=O) groups excluding carboxylic acids is 2. The van der Waals surface area contributed by atoms with Crippen molar-refractivity contribution >= 4 is 49.9 Å². The third-order valence-corrected chi connectivity index (χ3v) is 6.27. The van der Waals surface area contributed by atoms with E-state index in [0.717, 1.165) is 20.9 Å². The Balaban J connectivity index is 1.38. The van der Waals surface area contributed by atoms with Gasteiger partial charge in [-0.05, 0) is 49.2 Å². The maximum atomic E-state index is 13.2. The van der Waals surface area contributed by atoms with Crippen LogP contribution in [0.25, 0.3) is 16.5 Å². The first-order chi connectivity index (χ1) is 14.5. The molecule has 5 rings (SSSR count). The van der Waals surface area contributed by atoms with Crippen molar-refractivity contribution in [3.8, 4) is 5.75 Å². The highest BCUT2D eigenvalue weighted by Gasteiger charge is 2.49. The van der Waals surface area contributed by atoms with Crippen LogP contribution in [0.3, 0.4) is 0 Å². The molecule has 0 fully saturated rings. The number of halogens is 1. The fourth-order valence-electron chi connectivity index (χ4n) is 4.07. The van der Waals surface area contributed by atoms with Gasteiger partial charge in [0.15, 0.2) is 0 Å². The number of nitrogens with zero attached hydrogens (tertiary/aromatic N) is 1. The quantitative estimate of drug-likeness (QED) is 0.552. The largest absolute Gasteiger partial charge is 0.466 e. The molecular formula is C23H20BrN3O3. The Bertz CT molecular complexity index is 1220. The molecule has 1 unspecified atom stereocenters. The number of ether oxygens (including phenoxy) is 1. The average molecular weight is 466 g/mol. The van der Waals surface area contributed by atoms with Gasteiger partial charge in [0.25, 0.3) is 17.4 Å². The Morgan fingerprint density at radius 2 is 2.07 bits per heavy atom. The number of para-hydroxylation sites is 2. The van der Waals surface area contributed by atoms with Crippen LogP contribution in [0.4, 0.5) is 5.69 Å². The lowest BCUT2D eigenvalue weighted by atomic mass is 9.96. The average Bonchev–Trinajstić information content (AvgIpc) is 3.17. The topological polar surface area (TPSA) is 74.4 Å². The van der Waals surface area contributed by atoms with Gasteiger partial charge < -0.3 is 19.9 Å². The summed E-state index contributed by atoms with van der Waals surface area (Å²) in [5.41, 5.74) is 2.41. The molecule has 7 heteroatoms. The molecule has 30 heavy (non-hydrogen) atoms. The van der Waals surface area contributed by atoms with E-state index in [1.807, 2.05) is 30.5 Å². The molecule has 0 saturated carbocycles. The Kier molecular flexibility index (Phi) is 4.43. The number of hydrogen-bond acceptors (Lipinski definition) is 3. The number of nitrogens with one attached hydrogen (secondary N) is 2. The fraction of sp³-hybridized carbons (Fsp3) is 0.217. The minimum absolute atomic E-state index is 0.327. The van der Waals surface area contributed by atoms with Crippen molar-refractivity contribution in [1.29, 1.82) is 0 Å². The molecule has 152 valence electrons. The van der Waals surface area contributed by atoms with E-state index < -0.39 is 11.5 Å². The third-order valence-electron chi connectivity index (χ3n) is 5.78. The van der Waals surface area contributed by atoms with Crippen LogP contribution in [0.2, 0.25) is 0 Å². The van der Waals surface area contributed by atoms with Gasteiger partial charge in [0.1, 0.15) is 5.75 Å². The third kappa shape index (κ3) is 3.01. The Labute approximate surface area is 182 Å². The van der Waals surface area contributed by atoms with Crippen LogP contribution in [0.15, 0.2) is 59.2 Å².